The Hall–Kier alpha value is -1.21. The normalized spacial score (nSPS) is 17.7. The SMILES string of the molecule is CC1CCN(C(=O)/C(C#N)=C\NCCCl)CC1. The van der Waals surface area contributed by atoms with E-state index in [2.05, 4.69) is 12.2 Å². The fraction of sp³-hybridized carbons (Fsp3) is 0.667. The highest BCUT2D eigenvalue weighted by molar-refractivity contribution is 6.18. The lowest BCUT2D eigenvalue weighted by Gasteiger charge is -2.30. The highest BCUT2D eigenvalue weighted by Crippen LogP contribution is 2.17. The van der Waals surface area contributed by atoms with Crippen molar-refractivity contribution in [3.63, 3.8) is 0 Å². The summed E-state index contributed by atoms with van der Waals surface area (Å²) in [4.78, 5) is 13.7. The molecule has 0 aromatic carbocycles. The van der Waals surface area contributed by atoms with Crippen LogP contribution in [-0.4, -0.2) is 36.3 Å². The number of halogens is 1. The first-order chi connectivity index (χ1) is 8.19. The van der Waals surface area contributed by atoms with Crippen LogP contribution in [0.4, 0.5) is 0 Å². The summed E-state index contributed by atoms with van der Waals surface area (Å²) in [7, 11) is 0. The van der Waals surface area contributed by atoms with Gasteiger partial charge in [0.05, 0.1) is 0 Å². The van der Waals surface area contributed by atoms with Gasteiger partial charge in [-0.3, -0.25) is 4.79 Å². The second-order valence-electron chi connectivity index (χ2n) is 4.29. The first kappa shape index (κ1) is 13.9. The minimum absolute atomic E-state index is 0.157. The lowest BCUT2D eigenvalue weighted by Crippen LogP contribution is -2.38. The Balaban J connectivity index is 2.55. The molecule has 17 heavy (non-hydrogen) atoms. The van der Waals surface area contributed by atoms with Gasteiger partial charge in [0.2, 0.25) is 0 Å². The molecule has 0 aromatic heterocycles. The maximum absolute atomic E-state index is 12.0. The summed E-state index contributed by atoms with van der Waals surface area (Å²) in [5, 5.41) is 11.8. The summed E-state index contributed by atoms with van der Waals surface area (Å²) in [6.07, 6.45) is 3.49. The van der Waals surface area contributed by atoms with Crippen molar-refractivity contribution in [3.05, 3.63) is 11.8 Å². The summed E-state index contributed by atoms with van der Waals surface area (Å²) in [6.45, 7) is 4.23. The molecule has 4 nitrogen and oxygen atoms in total. The van der Waals surface area contributed by atoms with Gasteiger partial charge in [-0.05, 0) is 18.8 Å². The van der Waals surface area contributed by atoms with Crippen LogP contribution in [0.2, 0.25) is 0 Å². The van der Waals surface area contributed by atoms with Gasteiger partial charge >= 0.3 is 0 Å². The summed E-state index contributed by atoms with van der Waals surface area (Å²) >= 11 is 5.50. The van der Waals surface area contributed by atoms with Crippen molar-refractivity contribution in [2.75, 3.05) is 25.5 Å². The molecule has 1 heterocycles. The molecule has 0 spiro atoms. The molecule has 1 fully saturated rings. The Labute approximate surface area is 107 Å². The number of alkyl halides is 1. The van der Waals surface area contributed by atoms with Crippen LogP contribution in [0, 0.1) is 17.2 Å². The molecule has 0 saturated carbocycles. The van der Waals surface area contributed by atoms with E-state index in [4.69, 9.17) is 16.9 Å². The number of amides is 1. The van der Waals surface area contributed by atoms with Crippen molar-refractivity contribution >= 4 is 17.5 Å². The summed E-state index contributed by atoms with van der Waals surface area (Å²) < 4.78 is 0. The predicted octanol–water partition coefficient (Wildman–Crippen LogP) is 1.48. The van der Waals surface area contributed by atoms with E-state index in [0.29, 0.717) is 18.3 Å². The van der Waals surface area contributed by atoms with Gasteiger partial charge in [-0.1, -0.05) is 6.92 Å². The van der Waals surface area contributed by atoms with Crippen LogP contribution in [-0.2, 0) is 4.79 Å². The molecular formula is C12H18ClN3O. The van der Waals surface area contributed by atoms with Crippen LogP contribution in [0.1, 0.15) is 19.8 Å². The van der Waals surface area contributed by atoms with E-state index in [1.54, 1.807) is 4.90 Å². The van der Waals surface area contributed by atoms with E-state index in [1.807, 2.05) is 6.07 Å². The summed E-state index contributed by atoms with van der Waals surface area (Å²) in [6, 6.07) is 1.93. The molecule has 0 aromatic rings. The Kier molecular flexibility index (Phi) is 5.85. The molecule has 1 N–H and O–H groups in total. The molecule has 0 aliphatic carbocycles. The summed E-state index contributed by atoms with van der Waals surface area (Å²) in [5.41, 5.74) is 0.157. The van der Waals surface area contributed by atoms with Gasteiger partial charge in [0.25, 0.3) is 5.91 Å². The second-order valence-corrected chi connectivity index (χ2v) is 4.67. The van der Waals surface area contributed by atoms with E-state index < -0.39 is 0 Å². The van der Waals surface area contributed by atoms with E-state index in [-0.39, 0.29) is 11.5 Å². The molecule has 0 bridgehead atoms. The number of piperidine rings is 1. The number of rotatable bonds is 4. The highest BCUT2D eigenvalue weighted by atomic mass is 35.5. The van der Waals surface area contributed by atoms with Crippen molar-refractivity contribution in [1.82, 2.24) is 10.2 Å². The van der Waals surface area contributed by atoms with Crippen molar-refractivity contribution < 1.29 is 4.79 Å². The van der Waals surface area contributed by atoms with Gasteiger partial charge in [0.1, 0.15) is 11.6 Å². The van der Waals surface area contributed by atoms with Gasteiger partial charge in [0.15, 0.2) is 0 Å². The fourth-order valence-corrected chi connectivity index (χ4v) is 1.86. The average molecular weight is 256 g/mol. The zero-order chi connectivity index (χ0) is 12.7. The van der Waals surface area contributed by atoms with Crippen molar-refractivity contribution in [2.45, 2.75) is 19.8 Å². The van der Waals surface area contributed by atoms with Gasteiger partial charge in [-0.2, -0.15) is 5.26 Å². The lowest BCUT2D eigenvalue weighted by molar-refractivity contribution is -0.128. The van der Waals surface area contributed by atoms with Crippen molar-refractivity contribution in [3.8, 4) is 6.07 Å². The van der Waals surface area contributed by atoms with Crippen molar-refractivity contribution in [2.24, 2.45) is 5.92 Å². The second kappa shape index (κ2) is 7.18. The monoisotopic (exact) mass is 255 g/mol. The molecule has 1 rings (SSSR count). The van der Waals surface area contributed by atoms with E-state index in [0.717, 1.165) is 25.9 Å². The standard InChI is InChI=1S/C12H18ClN3O/c1-10-2-6-16(7-3-10)12(17)11(8-14)9-15-5-4-13/h9-10,15H,2-7H2,1H3/b11-9-. The van der Waals surface area contributed by atoms with Crippen LogP contribution in [0.3, 0.4) is 0 Å². The van der Waals surface area contributed by atoms with Crippen LogP contribution >= 0.6 is 11.6 Å². The minimum atomic E-state index is -0.179. The number of nitrogens with zero attached hydrogens (tertiary/aromatic N) is 2. The lowest BCUT2D eigenvalue weighted by atomic mass is 9.99. The van der Waals surface area contributed by atoms with E-state index in [9.17, 15) is 4.79 Å². The highest BCUT2D eigenvalue weighted by Gasteiger charge is 2.22. The summed E-state index contributed by atoms with van der Waals surface area (Å²) in [5.74, 6) is 0.939. The number of hydrogen-bond donors (Lipinski definition) is 1. The Morgan fingerprint density at radius 1 is 1.59 bits per heavy atom. The number of carbonyl (C=O) groups excluding carboxylic acids is 1. The van der Waals surface area contributed by atoms with Gasteiger partial charge < -0.3 is 10.2 Å². The Bertz CT molecular complexity index is 327. The number of nitrogens with one attached hydrogen (secondary N) is 1. The van der Waals surface area contributed by atoms with Gasteiger partial charge in [-0.15, -0.1) is 11.6 Å². The third kappa shape index (κ3) is 4.27. The molecule has 1 saturated heterocycles. The zero-order valence-corrected chi connectivity index (χ0v) is 10.8. The number of carbonyl (C=O) groups is 1. The predicted molar refractivity (Wildman–Crippen MR) is 67.4 cm³/mol. The molecule has 0 atom stereocenters. The van der Waals surface area contributed by atoms with Gasteiger partial charge in [0, 0.05) is 31.7 Å². The number of hydrogen-bond acceptors (Lipinski definition) is 3. The first-order valence-corrected chi connectivity index (χ1v) is 6.41. The molecular weight excluding hydrogens is 238 g/mol. The molecule has 1 amide bonds. The smallest absolute Gasteiger partial charge is 0.265 e. The maximum Gasteiger partial charge on any atom is 0.265 e. The third-order valence-electron chi connectivity index (χ3n) is 2.91. The fourth-order valence-electron chi connectivity index (χ4n) is 1.75. The van der Waals surface area contributed by atoms with E-state index in [1.165, 1.54) is 6.20 Å². The molecule has 1 aliphatic rings. The minimum Gasteiger partial charge on any atom is -0.388 e. The number of likely N-dealkylation sites (tertiary alicyclic amines) is 1. The average Bonchev–Trinajstić information content (AvgIpc) is 2.35. The van der Waals surface area contributed by atoms with Crippen LogP contribution < -0.4 is 5.32 Å². The molecule has 5 heteroatoms. The van der Waals surface area contributed by atoms with Gasteiger partial charge in [-0.25, -0.2) is 0 Å². The van der Waals surface area contributed by atoms with Crippen LogP contribution in [0.25, 0.3) is 0 Å². The Morgan fingerprint density at radius 2 is 2.24 bits per heavy atom. The van der Waals surface area contributed by atoms with E-state index >= 15 is 0 Å². The number of nitriles is 1. The van der Waals surface area contributed by atoms with Crippen LogP contribution in [0.5, 0.6) is 0 Å². The molecule has 0 radical (unpaired) electrons. The third-order valence-corrected chi connectivity index (χ3v) is 3.10. The Morgan fingerprint density at radius 3 is 2.76 bits per heavy atom. The molecule has 1 aliphatic heterocycles. The largest absolute Gasteiger partial charge is 0.388 e. The van der Waals surface area contributed by atoms with Crippen molar-refractivity contribution in [1.29, 1.82) is 5.26 Å². The first-order valence-electron chi connectivity index (χ1n) is 5.88. The topological polar surface area (TPSA) is 56.1 Å². The van der Waals surface area contributed by atoms with Crippen LogP contribution in [0.15, 0.2) is 11.8 Å². The quantitative estimate of drug-likeness (QED) is 0.358. The zero-order valence-electron chi connectivity index (χ0n) is 10.1. The molecule has 94 valence electrons. The maximum atomic E-state index is 12.0. The molecule has 0 unspecified atom stereocenters.